The number of carbonyl (C=O) groups is 2. The largest absolute Gasteiger partial charge is 0.504 e. The second kappa shape index (κ2) is 10.1. The van der Waals surface area contributed by atoms with E-state index in [-0.39, 0.29) is 39.6 Å². The molecule has 0 aliphatic rings. The molecule has 0 aromatic heterocycles. The number of benzene rings is 3. The van der Waals surface area contributed by atoms with Crippen molar-refractivity contribution in [1.29, 1.82) is 0 Å². The maximum absolute atomic E-state index is 11.8. The zero-order chi connectivity index (χ0) is 22.4. The van der Waals surface area contributed by atoms with Crippen molar-refractivity contribution in [3.63, 3.8) is 0 Å². The second-order valence-electron chi connectivity index (χ2n) is 6.09. The van der Waals surface area contributed by atoms with E-state index in [0.29, 0.717) is 11.5 Å². The van der Waals surface area contributed by atoms with Crippen molar-refractivity contribution in [2.75, 3.05) is 11.9 Å². The molecule has 0 fully saturated rings. The number of halogens is 2. The molecule has 0 saturated heterocycles. The zero-order valence-electron chi connectivity index (χ0n) is 16.2. The summed E-state index contributed by atoms with van der Waals surface area (Å²) in [6.45, 7) is 1.66. The van der Waals surface area contributed by atoms with Crippen LogP contribution in [0.3, 0.4) is 0 Å². The molecule has 0 unspecified atom stereocenters. The Morgan fingerprint density at radius 2 is 1.61 bits per heavy atom. The number of aromatic hydroxyl groups is 1. The maximum Gasteiger partial charge on any atom is 0.397 e. The molecular formula is C22H17Cl2NO6. The van der Waals surface area contributed by atoms with Crippen LogP contribution in [0.15, 0.2) is 60.7 Å². The van der Waals surface area contributed by atoms with E-state index in [9.17, 15) is 14.7 Å². The summed E-state index contributed by atoms with van der Waals surface area (Å²) in [4.78, 5) is 23.2. The molecule has 0 saturated carbocycles. The van der Waals surface area contributed by atoms with E-state index in [0.717, 1.165) is 0 Å². The van der Waals surface area contributed by atoms with Crippen molar-refractivity contribution in [3.05, 3.63) is 70.7 Å². The molecule has 0 heterocycles. The molecule has 7 nitrogen and oxygen atoms in total. The van der Waals surface area contributed by atoms with E-state index < -0.39 is 11.9 Å². The summed E-state index contributed by atoms with van der Waals surface area (Å²) in [6.07, 6.45) is 0. The molecule has 0 aliphatic carbocycles. The van der Waals surface area contributed by atoms with Crippen LogP contribution in [0.1, 0.15) is 6.92 Å². The Balaban J connectivity index is 1.79. The third-order valence-electron chi connectivity index (χ3n) is 3.84. The first-order valence-electron chi connectivity index (χ1n) is 9.08. The van der Waals surface area contributed by atoms with E-state index in [1.807, 2.05) is 6.07 Å². The fourth-order valence-electron chi connectivity index (χ4n) is 2.48. The van der Waals surface area contributed by atoms with Crippen LogP contribution in [-0.2, 0) is 14.3 Å². The van der Waals surface area contributed by atoms with Gasteiger partial charge in [0.05, 0.1) is 16.7 Å². The highest BCUT2D eigenvalue weighted by Crippen LogP contribution is 2.41. The first kappa shape index (κ1) is 22.3. The van der Waals surface area contributed by atoms with Crippen LogP contribution in [-0.4, -0.2) is 23.6 Å². The van der Waals surface area contributed by atoms with E-state index >= 15 is 0 Å². The Labute approximate surface area is 188 Å². The topological polar surface area (TPSA) is 94.1 Å². The molecular weight excluding hydrogens is 445 g/mol. The number of hydrogen-bond acceptors (Lipinski definition) is 6. The summed E-state index contributed by atoms with van der Waals surface area (Å²) in [6, 6.07) is 16.1. The molecule has 31 heavy (non-hydrogen) atoms. The highest BCUT2D eigenvalue weighted by molar-refractivity contribution is 6.39. The highest BCUT2D eigenvalue weighted by Gasteiger charge is 2.18. The van der Waals surface area contributed by atoms with Gasteiger partial charge >= 0.3 is 11.9 Å². The van der Waals surface area contributed by atoms with Gasteiger partial charge in [-0.15, -0.1) is 0 Å². The first-order chi connectivity index (χ1) is 14.9. The van der Waals surface area contributed by atoms with Crippen LogP contribution in [0.25, 0.3) is 0 Å². The minimum Gasteiger partial charge on any atom is -0.504 e. The lowest BCUT2D eigenvalue weighted by molar-refractivity contribution is -0.152. The molecule has 0 atom stereocenters. The number of hydrogen-bond donors (Lipinski definition) is 2. The Kier molecular flexibility index (Phi) is 7.23. The number of anilines is 1. The van der Waals surface area contributed by atoms with Gasteiger partial charge in [0.2, 0.25) is 0 Å². The fraction of sp³-hybridized carbons (Fsp3) is 0.0909. The molecule has 1 amide bonds. The van der Waals surface area contributed by atoms with Gasteiger partial charge in [0.15, 0.2) is 17.2 Å². The highest BCUT2D eigenvalue weighted by atomic mass is 35.5. The van der Waals surface area contributed by atoms with Crippen LogP contribution in [0.2, 0.25) is 10.0 Å². The van der Waals surface area contributed by atoms with Crippen LogP contribution in [0.5, 0.6) is 28.7 Å². The minimum absolute atomic E-state index is 0.0726. The number of para-hydroxylation sites is 1. The zero-order valence-corrected chi connectivity index (χ0v) is 17.7. The number of carbonyl (C=O) groups excluding carboxylic acids is 2. The Bertz CT molecular complexity index is 1080. The van der Waals surface area contributed by atoms with Gasteiger partial charge < -0.3 is 24.6 Å². The molecule has 0 radical (unpaired) electrons. The molecule has 160 valence electrons. The first-order valence-corrected chi connectivity index (χ1v) is 9.84. The van der Waals surface area contributed by atoms with Gasteiger partial charge in [-0.25, -0.2) is 4.79 Å². The van der Waals surface area contributed by atoms with E-state index in [2.05, 4.69) is 10.1 Å². The third-order valence-corrected chi connectivity index (χ3v) is 4.40. The van der Waals surface area contributed by atoms with Gasteiger partial charge in [0, 0.05) is 11.8 Å². The van der Waals surface area contributed by atoms with Crippen molar-refractivity contribution < 1.29 is 28.9 Å². The Morgan fingerprint density at radius 1 is 0.935 bits per heavy atom. The molecule has 3 rings (SSSR count). The Hall–Kier alpha value is -3.42. The smallest absolute Gasteiger partial charge is 0.397 e. The van der Waals surface area contributed by atoms with Crippen LogP contribution in [0.4, 0.5) is 5.69 Å². The fourth-order valence-corrected chi connectivity index (χ4v) is 3.05. The third kappa shape index (κ3) is 5.81. The van der Waals surface area contributed by atoms with Crippen molar-refractivity contribution >= 4 is 40.8 Å². The number of nitrogens with one attached hydrogen (secondary N) is 1. The molecule has 9 heteroatoms. The van der Waals surface area contributed by atoms with Crippen molar-refractivity contribution in [2.24, 2.45) is 0 Å². The van der Waals surface area contributed by atoms with Crippen LogP contribution < -0.4 is 14.8 Å². The lowest BCUT2D eigenvalue weighted by atomic mass is 10.2. The average molecular weight is 462 g/mol. The summed E-state index contributed by atoms with van der Waals surface area (Å²) in [5.74, 6) is -0.925. The molecule has 2 N–H and O–H groups in total. The summed E-state index contributed by atoms with van der Waals surface area (Å²) >= 11 is 12.5. The lowest BCUT2D eigenvalue weighted by Gasteiger charge is -2.14. The monoisotopic (exact) mass is 461 g/mol. The number of esters is 1. The average Bonchev–Trinajstić information content (AvgIpc) is 2.74. The number of ether oxygens (including phenoxy) is 3. The summed E-state index contributed by atoms with van der Waals surface area (Å²) < 4.78 is 16.1. The minimum atomic E-state index is -1.02. The molecule has 0 aliphatic heterocycles. The number of phenols is 1. The van der Waals surface area contributed by atoms with Gasteiger partial charge in [-0.05, 0) is 43.3 Å². The van der Waals surface area contributed by atoms with Gasteiger partial charge in [-0.1, -0.05) is 41.4 Å². The van der Waals surface area contributed by atoms with Gasteiger partial charge in [-0.2, -0.15) is 0 Å². The van der Waals surface area contributed by atoms with Crippen molar-refractivity contribution in [1.82, 2.24) is 0 Å². The van der Waals surface area contributed by atoms with E-state index in [1.54, 1.807) is 31.2 Å². The quantitative estimate of drug-likeness (QED) is 0.356. The summed E-state index contributed by atoms with van der Waals surface area (Å²) in [7, 11) is 0. The van der Waals surface area contributed by atoms with Crippen LogP contribution >= 0.6 is 23.2 Å². The molecule has 0 bridgehead atoms. The summed E-state index contributed by atoms with van der Waals surface area (Å²) in [5, 5.41) is 12.6. The standard InChI is InChI=1S/C22H17Cl2NO6/c1-2-29-22(28)21(27)25-13-10-16(23)20(17(24)11-13)31-15-8-9-18(26)19(12-15)30-14-6-4-3-5-7-14/h3-12,26H,2H2,1H3,(H,25,27). The molecule has 0 spiro atoms. The van der Waals surface area contributed by atoms with Crippen molar-refractivity contribution in [2.45, 2.75) is 6.92 Å². The van der Waals surface area contributed by atoms with E-state index in [4.69, 9.17) is 32.7 Å². The predicted octanol–water partition coefficient (Wildman–Crippen LogP) is 5.79. The predicted molar refractivity (Wildman–Crippen MR) is 116 cm³/mol. The normalized spacial score (nSPS) is 10.3. The van der Waals surface area contributed by atoms with E-state index in [1.165, 1.54) is 30.3 Å². The Morgan fingerprint density at radius 3 is 2.26 bits per heavy atom. The number of amides is 1. The van der Waals surface area contributed by atoms with Crippen LogP contribution in [0, 0.1) is 0 Å². The van der Waals surface area contributed by atoms with Gasteiger partial charge in [0.1, 0.15) is 11.5 Å². The van der Waals surface area contributed by atoms with Gasteiger partial charge in [-0.3, -0.25) is 4.79 Å². The molecule has 3 aromatic rings. The second-order valence-corrected chi connectivity index (χ2v) is 6.90. The van der Waals surface area contributed by atoms with Gasteiger partial charge in [0.25, 0.3) is 0 Å². The maximum atomic E-state index is 11.8. The lowest BCUT2D eigenvalue weighted by Crippen LogP contribution is -2.24. The summed E-state index contributed by atoms with van der Waals surface area (Å²) in [5.41, 5.74) is 0.194. The number of phenolic OH excluding ortho intramolecular Hbond substituents is 1. The number of rotatable bonds is 6. The molecule has 3 aromatic carbocycles. The SMILES string of the molecule is CCOC(=O)C(=O)Nc1cc(Cl)c(Oc2ccc(O)c(Oc3ccccc3)c2)c(Cl)c1. The van der Waals surface area contributed by atoms with Crippen molar-refractivity contribution in [3.8, 4) is 28.7 Å².